The average Bonchev–Trinajstić information content (AvgIpc) is 2.69. The molecule has 94 valence electrons. The van der Waals surface area contributed by atoms with Crippen LogP contribution in [-0.2, 0) is 0 Å². The Morgan fingerprint density at radius 1 is 1.18 bits per heavy atom. The van der Waals surface area contributed by atoms with Gasteiger partial charge in [-0.15, -0.1) is 0 Å². The van der Waals surface area contributed by atoms with Gasteiger partial charge in [0.25, 0.3) is 0 Å². The van der Waals surface area contributed by atoms with E-state index in [4.69, 9.17) is 0 Å². The Morgan fingerprint density at radius 3 is 2.41 bits per heavy atom. The van der Waals surface area contributed by atoms with E-state index in [9.17, 15) is 0 Å². The first-order valence-corrected chi connectivity index (χ1v) is 9.48. The van der Waals surface area contributed by atoms with Gasteiger partial charge < -0.3 is 9.88 Å². The van der Waals surface area contributed by atoms with E-state index in [-0.39, 0.29) is 0 Å². The fraction of sp³-hybridized carbons (Fsp3) is 0.571. The number of hydrogen-bond acceptors (Lipinski definition) is 2. The third-order valence-electron chi connectivity index (χ3n) is 4.28. The van der Waals surface area contributed by atoms with E-state index in [0.29, 0.717) is 17.4 Å². The van der Waals surface area contributed by atoms with Gasteiger partial charge >= 0.3 is 0 Å². The number of fused-ring (bicyclic) bond motifs is 1. The maximum absolute atomic E-state index is 3.59. The van der Waals surface area contributed by atoms with Crippen LogP contribution >= 0.6 is 0 Å². The first-order valence-electron chi connectivity index (χ1n) is 6.40. The van der Waals surface area contributed by atoms with Crippen LogP contribution in [-0.4, -0.2) is 34.3 Å². The van der Waals surface area contributed by atoms with Crippen molar-refractivity contribution >= 4 is 8.24 Å². The molecule has 0 aromatic heterocycles. The molecular formula is C14H24N2Si. The Balaban J connectivity index is 2.35. The van der Waals surface area contributed by atoms with E-state index in [2.05, 4.69) is 74.5 Å². The topological polar surface area (TPSA) is 15.3 Å². The minimum atomic E-state index is -1.38. The number of nitrogens with zero attached hydrogens (tertiary/aromatic N) is 1. The van der Waals surface area contributed by atoms with E-state index in [1.807, 2.05) is 0 Å². The number of allylic oxidation sites excluding steroid dienone is 5. The molecule has 3 unspecified atom stereocenters. The molecule has 0 aromatic rings. The molecule has 1 N–H and O–H groups in total. The van der Waals surface area contributed by atoms with E-state index in [1.54, 1.807) is 0 Å². The lowest BCUT2D eigenvalue weighted by Gasteiger charge is -2.34. The largest absolute Gasteiger partial charge is 0.381 e. The molecule has 2 aliphatic carbocycles. The second kappa shape index (κ2) is 4.46. The normalized spacial score (nSPS) is 31.4. The zero-order valence-corrected chi connectivity index (χ0v) is 12.6. The van der Waals surface area contributed by atoms with Gasteiger partial charge in [0.05, 0.1) is 0 Å². The third kappa shape index (κ3) is 2.14. The minimum Gasteiger partial charge on any atom is -0.381 e. The van der Waals surface area contributed by atoms with Gasteiger partial charge in [0, 0.05) is 25.7 Å². The van der Waals surface area contributed by atoms with E-state index in [0.717, 1.165) is 0 Å². The van der Waals surface area contributed by atoms with Crippen LogP contribution in [0.3, 0.4) is 0 Å². The maximum Gasteiger partial charge on any atom is 0.126 e. The van der Waals surface area contributed by atoms with Gasteiger partial charge in [0.15, 0.2) is 0 Å². The van der Waals surface area contributed by atoms with Gasteiger partial charge in [-0.1, -0.05) is 43.5 Å². The van der Waals surface area contributed by atoms with Gasteiger partial charge in [-0.25, -0.2) is 0 Å². The van der Waals surface area contributed by atoms with Crippen LogP contribution in [0.25, 0.3) is 0 Å². The van der Waals surface area contributed by atoms with Crippen molar-refractivity contribution in [2.75, 3.05) is 21.1 Å². The van der Waals surface area contributed by atoms with Gasteiger partial charge in [-0.3, -0.25) is 0 Å². The molecule has 2 nitrogen and oxygen atoms in total. The number of nitrogens with one attached hydrogen (secondary N) is 1. The Bertz CT molecular complexity index is 380. The third-order valence-corrected chi connectivity index (χ3v) is 7.79. The molecule has 0 aliphatic heterocycles. The molecule has 0 fully saturated rings. The molecule has 0 saturated carbocycles. The van der Waals surface area contributed by atoms with Crippen molar-refractivity contribution in [1.29, 1.82) is 0 Å². The van der Waals surface area contributed by atoms with Crippen molar-refractivity contribution < 1.29 is 0 Å². The molecule has 0 bridgehead atoms. The molecule has 3 heteroatoms. The first kappa shape index (κ1) is 12.6. The predicted molar refractivity (Wildman–Crippen MR) is 77.3 cm³/mol. The second-order valence-corrected chi connectivity index (χ2v) is 10.5. The average molecular weight is 248 g/mol. The highest BCUT2D eigenvalue weighted by atomic mass is 28.3. The zero-order chi connectivity index (χ0) is 12.6. The molecule has 0 amide bonds. The van der Waals surface area contributed by atoms with Crippen LogP contribution in [0.1, 0.15) is 0 Å². The molecule has 0 saturated heterocycles. The fourth-order valence-corrected chi connectivity index (χ4v) is 5.17. The van der Waals surface area contributed by atoms with Crippen LogP contribution < -0.4 is 4.98 Å². The summed E-state index contributed by atoms with van der Waals surface area (Å²) in [4.78, 5) is 5.87. The molecule has 17 heavy (non-hydrogen) atoms. The molecule has 0 heterocycles. The predicted octanol–water partition coefficient (Wildman–Crippen LogP) is 2.60. The van der Waals surface area contributed by atoms with Gasteiger partial charge in [-0.05, 0) is 18.5 Å². The first-order chi connectivity index (χ1) is 7.97. The lowest BCUT2D eigenvalue weighted by molar-refractivity contribution is 0.427. The monoisotopic (exact) mass is 248 g/mol. The van der Waals surface area contributed by atoms with Crippen LogP contribution in [0.15, 0.2) is 36.1 Å². The Hall–Kier alpha value is -0.803. The van der Waals surface area contributed by atoms with Crippen molar-refractivity contribution in [3.63, 3.8) is 0 Å². The van der Waals surface area contributed by atoms with Crippen molar-refractivity contribution in [1.82, 2.24) is 9.88 Å². The van der Waals surface area contributed by atoms with E-state index >= 15 is 0 Å². The highest BCUT2D eigenvalue weighted by Gasteiger charge is 2.43. The summed E-state index contributed by atoms with van der Waals surface area (Å²) in [6, 6.07) is 0. The number of hydrogen-bond donors (Lipinski definition) is 1. The Labute approximate surface area is 106 Å². The summed E-state index contributed by atoms with van der Waals surface area (Å²) in [7, 11) is 5.05. The summed E-state index contributed by atoms with van der Waals surface area (Å²) >= 11 is 0. The highest BCUT2D eigenvalue weighted by molar-refractivity contribution is 6.77. The summed E-state index contributed by atoms with van der Waals surface area (Å²) in [5.74, 6) is 1.24. The molecule has 2 aliphatic rings. The molecule has 0 spiro atoms. The van der Waals surface area contributed by atoms with Crippen molar-refractivity contribution in [3.05, 3.63) is 36.1 Å². The Kier molecular flexibility index (Phi) is 3.32. The lowest BCUT2D eigenvalue weighted by atomic mass is 9.89. The molecule has 0 aromatic carbocycles. The highest BCUT2D eigenvalue weighted by Crippen LogP contribution is 2.47. The summed E-state index contributed by atoms with van der Waals surface area (Å²) in [5, 5.41) is 0. The van der Waals surface area contributed by atoms with Crippen LogP contribution in [0, 0.1) is 11.8 Å². The van der Waals surface area contributed by atoms with Gasteiger partial charge in [-0.2, -0.15) is 0 Å². The summed E-state index contributed by atoms with van der Waals surface area (Å²) in [6.07, 6.45) is 11.7. The quantitative estimate of drug-likeness (QED) is 0.772. The lowest BCUT2D eigenvalue weighted by Crippen LogP contribution is -2.48. The molecular weight excluding hydrogens is 224 g/mol. The number of rotatable bonds is 3. The van der Waals surface area contributed by atoms with E-state index in [1.165, 1.54) is 5.70 Å². The summed E-state index contributed by atoms with van der Waals surface area (Å²) in [5.41, 5.74) is 2.17. The minimum absolute atomic E-state index is 0.583. The van der Waals surface area contributed by atoms with Crippen molar-refractivity contribution in [3.8, 4) is 0 Å². The van der Waals surface area contributed by atoms with Gasteiger partial charge in [0.2, 0.25) is 0 Å². The van der Waals surface area contributed by atoms with Crippen LogP contribution in [0.4, 0.5) is 0 Å². The summed E-state index contributed by atoms with van der Waals surface area (Å²) in [6.45, 7) is 4.85. The smallest absolute Gasteiger partial charge is 0.126 e. The van der Waals surface area contributed by atoms with E-state index < -0.39 is 8.24 Å². The maximum atomic E-state index is 3.59. The van der Waals surface area contributed by atoms with Gasteiger partial charge in [0.1, 0.15) is 8.24 Å². The van der Waals surface area contributed by atoms with Crippen molar-refractivity contribution in [2.24, 2.45) is 11.8 Å². The Morgan fingerprint density at radius 2 is 1.82 bits per heavy atom. The summed E-state index contributed by atoms with van der Waals surface area (Å²) < 4.78 is 0. The molecule has 3 atom stereocenters. The van der Waals surface area contributed by atoms with Crippen LogP contribution in [0.2, 0.25) is 18.6 Å². The SMILES string of the molecule is CN[Si](C)(C)C1C=C(N(C)C)C2C=CC=CC21. The molecule has 2 rings (SSSR count). The zero-order valence-electron chi connectivity index (χ0n) is 11.6. The fourth-order valence-electron chi connectivity index (χ4n) is 2.97. The second-order valence-electron chi connectivity index (χ2n) is 5.86. The van der Waals surface area contributed by atoms with Crippen LogP contribution in [0.5, 0.6) is 0 Å². The molecule has 0 radical (unpaired) electrons. The van der Waals surface area contributed by atoms with Crippen molar-refractivity contribution in [2.45, 2.75) is 18.6 Å². The standard InChI is InChI=1S/C14H24N2Si/c1-15-17(4,5)14-10-13(16(2)3)11-8-6-7-9-12(11)14/h6-12,14-15H,1-5H3.